The average molecular weight is 303 g/mol. The Bertz CT molecular complexity index is 778. The summed E-state index contributed by atoms with van der Waals surface area (Å²) in [6.07, 6.45) is 2.65. The molecule has 2 heterocycles. The topological polar surface area (TPSA) is 44.5 Å². The van der Waals surface area contributed by atoms with Crippen molar-refractivity contribution in [2.24, 2.45) is 0 Å². The van der Waals surface area contributed by atoms with Gasteiger partial charge in [-0.1, -0.05) is 36.4 Å². The SMILES string of the molecule is Cc1cc2ccc(Cc3ccccc3)cn2c1C(=O)[O-].[K+]. The predicted octanol–water partition coefficient (Wildman–Crippen LogP) is -0.794. The fourth-order valence-corrected chi connectivity index (χ4v) is 2.54. The van der Waals surface area contributed by atoms with E-state index in [-0.39, 0.29) is 57.1 Å². The van der Waals surface area contributed by atoms with E-state index in [1.807, 2.05) is 42.6 Å². The molecule has 3 nitrogen and oxygen atoms in total. The minimum Gasteiger partial charge on any atom is -0.543 e. The van der Waals surface area contributed by atoms with Crippen molar-refractivity contribution in [1.82, 2.24) is 4.40 Å². The summed E-state index contributed by atoms with van der Waals surface area (Å²) in [6.45, 7) is 1.79. The zero-order chi connectivity index (χ0) is 14.1. The number of pyridine rings is 1. The fraction of sp³-hybridized carbons (Fsp3) is 0.118. The molecule has 0 spiro atoms. The van der Waals surface area contributed by atoms with Crippen molar-refractivity contribution in [3.63, 3.8) is 0 Å². The smallest absolute Gasteiger partial charge is 0.543 e. The third-order valence-corrected chi connectivity index (χ3v) is 3.46. The van der Waals surface area contributed by atoms with E-state index in [0.717, 1.165) is 23.1 Å². The number of aromatic nitrogens is 1. The molecule has 100 valence electrons. The van der Waals surface area contributed by atoms with E-state index >= 15 is 0 Å². The Kier molecular flexibility index (Phi) is 5.41. The molecular formula is C17H14KNO2. The maximum atomic E-state index is 11.2. The van der Waals surface area contributed by atoms with Crippen LogP contribution in [0.2, 0.25) is 0 Å². The number of hydrogen-bond donors (Lipinski definition) is 0. The van der Waals surface area contributed by atoms with Crippen LogP contribution in [0.15, 0.2) is 54.7 Å². The molecule has 3 rings (SSSR count). The van der Waals surface area contributed by atoms with Gasteiger partial charge < -0.3 is 14.3 Å². The van der Waals surface area contributed by atoms with Gasteiger partial charge in [0.15, 0.2) is 0 Å². The van der Waals surface area contributed by atoms with E-state index in [2.05, 4.69) is 12.1 Å². The molecule has 4 heteroatoms. The largest absolute Gasteiger partial charge is 1.00 e. The molecule has 0 fully saturated rings. The number of hydrogen-bond acceptors (Lipinski definition) is 2. The summed E-state index contributed by atoms with van der Waals surface area (Å²) >= 11 is 0. The molecule has 0 aliphatic carbocycles. The van der Waals surface area contributed by atoms with Gasteiger partial charge in [0.2, 0.25) is 0 Å². The molecule has 0 amide bonds. The maximum Gasteiger partial charge on any atom is 1.00 e. The van der Waals surface area contributed by atoms with E-state index in [1.165, 1.54) is 5.56 Å². The first kappa shape index (κ1) is 16.5. The standard InChI is InChI=1S/C17H15NO2.K/c1-12-9-15-8-7-14(10-13-5-3-2-4-6-13)11-18(15)16(12)17(19)20;/h2-9,11H,10H2,1H3,(H,19,20);/q;+1/p-1. The van der Waals surface area contributed by atoms with Crippen molar-refractivity contribution in [2.45, 2.75) is 13.3 Å². The molecular weight excluding hydrogens is 289 g/mol. The quantitative estimate of drug-likeness (QED) is 0.595. The Hall–Kier alpha value is -0.914. The number of rotatable bonds is 3. The summed E-state index contributed by atoms with van der Waals surface area (Å²) in [6, 6.07) is 15.9. The Morgan fingerprint density at radius 1 is 1.10 bits per heavy atom. The number of nitrogens with zero attached hydrogens (tertiary/aromatic N) is 1. The van der Waals surface area contributed by atoms with Gasteiger partial charge in [-0.25, -0.2) is 0 Å². The molecule has 0 saturated carbocycles. The van der Waals surface area contributed by atoms with E-state index in [4.69, 9.17) is 0 Å². The van der Waals surface area contributed by atoms with Crippen LogP contribution in [-0.4, -0.2) is 10.4 Å². The number of carbonyl (C=O) groups excluding carboxylic acids is 1. The minimum atomic E-state index is -1.14. The second-order valence-corrected chi connectivity index (χ2v) is 4.96. The van der Waals surface area contributed by atoms with Crippen LogP contribution in [0.4, 0.5) is 0 Å². The van der Waals surface area contributed by atoms with Crippen LogP contribution in [0.25, 0.3) is 5.52 Å². The van der Waals surface area contributed by atoms with Gasteiger partial charge in [-0.15, -0.1) is 0 Å². The van der Waals surface area contributed by atoms with Crippen molar-refractivity contribution < 1.29 is 61.3 Å². The Labute approximate surface area is 166 Å². The van der Waals surface area contributed by atoms with Gasteiger partial charge in [0.25, 0.3) is 0 Å². The number of carboxylic acids is 1. The van der Waals surface area contributed by atoms with Gasteiger partial charge in [-0.05, 0) is 42.2 Å². The molecule has 0 bridgehead atoms. The zero-order valence-corrected chi connectivity index (χ0v) is 15.3. The summed E-state index contributed by atoms with van der Waals surface area (Å²) in [7, 11) is 0. The van der Waals surface area contributed by atoms with Gasteiger partial charge in [-0.2, -0.15) is 0 Å². The van der Waals surface area contributed by atoms with Gasteiger partial charge in [-0.3, -0.25) is 0 Å². The summed E-state index contributed by atoms with van der Waals surface area (Å²) in [5.41, 5.74) is 4.10. The monoisotopic (exact) mass is 303 g/mol. The molecule has 21 heavy (non-hydrogen) atoms. The Morgan fingerprint density at radius 3 is 2.48 bits per heavy atom. The zero-order valence-electron chi connectivity index (χ0n) is 12.2. The molecule has 3 aromatic rings. The summed E-state index contributed by atoms with van der Waals surface area (Å²) in [4.78, 5) is 11.2. The summed E-state index contributed by atoms with van der Waals surface area (Å²) in [5.74, 6) is -1.14. The van der Waals surface area contributed by atoms with Crippen LogP contribution in [0.3, 0.4) is 0 Å². The third kappa shape index (κ3) is 3.47. The molecule has 0 aliphatic rings. The van der Waals surface area contributed by atoms with Crippen molar-refractivity contribution in [2.75, 3.05) is 0 Å². The summed E-state index contributed by atoms with van der Waals surface area (Å²) in [5, 5.41) is 11.2. The van der Waals surface area contributed by atoms with Crippen molar-refractivity contribution in [3.8, 4) is 0 Å². The van der Waals surface area contributed by atoms with Crippen LogP contribution < -0.4 is 56.5 Å². The molecule has 0 N–H and O–H groups in total. The number of aryl methyl sites for hydroxylation is 1. The van der Waals surface area contributed by atoms with Crippen molar-refractivity contribution in [3.05, 3.63) is 77.1 Å². The summed E-state index contributed by atoms with van der Waals surface area (Å²) < 4.78 is 1.70. The van der Waals surface area contributed by atoms with Gasteiger partial charge >= 0.3 is 51.4 Å². The van der Waals surface area contributed by atoms with Crippen LogP contribution in [0.5, 0.6) is 0 Å². The first-order chi connectivity index (χ1) is 9.65. The maximum absolute atomic E-state index is 11.2. The first-order valence-corrected chi connectivity index (χ1v) is 6.51. The average Bonchev–Trinajstić information content (AvgIpc) is 2.75. The molecule has 0 aliphatic heterocycles. The number of carbonyl (C=O) groups is 1. The van der Waals surface area contributed by atoms with E-state index < -0.39 is 5.97 Å². The van der Waals surface area contributed by atoms with Crippen LogP contribution in [0.1, 0.15) is 27.2 Å². The minimum absolute atomic E-state index is 0. The van der Waals surface area contributed by atoms with Crippen LogP contribution in [-0.2, 0) is 6.42 Å². The third-order valence-electron chi connectivity index (χ3n) is 3.46. The van der Waals surface area contributed by atoms with Gasteiger partial charge in [0, 0.05) is 11.7 Å². The number of fused-ring (bicyclic) bond motifs is 1. The van der Waals surface area contributed by atoms with Crippen LogP contribution in [0, 0.1) is 6.92 Å². The van der Waals surface area contributed by atoms with Crippen molar-refractivity contribution in [1.29, 1.82) is 0 Å². The molecule has 0 radical (unpaired) electrons. The molecule has 2 aromatic heterocycles. The van der Waals surface area contributed by atoms with E-state index in [1.54, 1.807) is 11.3 Å². The van der Waals surface area contributed by atoms with Crippen LogP contribution >= 0.6 is 0 Å². The number of carboxylic acid groups (broad SMARTS) is 1. The number of benzene rings is 1. The Balaban J connectivity index is 0.00000161. The van der Waals surface area contributed by atoms with E-state index in [0.29, 0.717) is 0 Å². The van der Waals surface area contributed by atoms with Gasteiger partial charge in [0.05, 0.1) is 11.7 Å². The Morgan fingerprint density at radius 2 is 1.81 bits per heavy atom. The molecule has 0 unspecified atom stereocenters. The fourth-order valence-electron chi connectivity index (χ4n) is 2.54. The normalized spacial score (nSPS) is 10.3. The molecule has 1 aromatic carbocycles. The second-order valence-electron chi connectivity index (χ2n) is 4.96. The molecule has 0 atom stereocenters. The van der Waals surface area contributed by atoms with Gasteiger partial charge in [0.1, 0.15) is 0 Å². The second kappa shape index (κ2) is 6.90. The van der Waals surface area contributed by atoms with E-state index in [9.17, 15) is 9.90 Å². The predicted molar refractivity (Wildman–Crippen MR) is 75.7 cm³/mol. The first-order valence-electron chi connectivity index (χ1n) is 6.51. The number of aromatic carboxylic acids is 1. The van der Waals surface area contributed by atoms with Crippen molar-refractivity contribution >= 4 is 11.5 Å². The molecule has 0 saturated heterocycles.